The molecule has 0 fully saturated rings. The van der Waals surface area contributed by atoms with Crippen molar-refractivity contribution in [2.45, 2.75) is 13.1 Å². The van der Waals surface area contributed by atoms with E-state index in [-0.39, 0.29) is 19.0 Å². The van der Waals surface area contributed by atoms with E-state index in [1.807, 2.05) is 18.2 Å². The molecule has 0 aliphatic rings. The van der Waals surface area contributed by atoms with Gasteiger partial charge in [-0.1, -0.05) is 34.7 Å². The molecule has 0 saturated carbocycles. The molecule has 0 unspecified atom stereocenters. The molecule has 5 aromatic rings. The Balaban J connectivity index is 1.48. The molecule has 0 aliphatic heterocycles. The number of para-hydroxylation sites is 1. The number of H-pyrrole nitrogens is 1. The van der Waals surface area contributed by atoms with Gasteiger partial charge in [-0.25, -0.2) is 13.5 Å². The van der Waals surface area contributed by atoms with Gasteiger partial charge in [0.1, 0.15) is 29.4 Å². The van der Waals surface area contributed by atoms with E-state index >= 15 is 0 Å². The summed E-state index contributed by atoms with van der Waals surface area (Å²) < 4.78 is 29.1. The van der Waals surface area contributed by atoms with Crippen LogP contribution in [0.4, 0.5) is 14.5 Å². The van der Waals surface area contributed by atoms with Gasteiger partial charge in [0.05, 0.1) is 12.1 Å². The van der Waals surface area contributed by atoms with Crippen LogP contribution in [0.5, 0.6) is 0 Å². The molecule has 33 heavy (non-hydrogen) atoms. The first-order chi connectivity index (χ1) is 16.1. The number of aromatic amines is 1. The molecule has 2 heterocycles. The van der Waals surface area contributed by atoms with Gasteiger partial charge in [-0.3, -0.25) is 9.89 Å². The summed E-state index contributed by atoms with van der Waals surface area (Å²) in [6.45, 7) is -0.118. The molecular formula is C23H17F2N7O. The molecule has 0 spiro atoms. The SMILES string of the molecule is O=C(Cn1nnc2ccccc21)N(Cc1cc(F)cc(F)c1)c1ccc(-c2c[nH]nn2)cc1. The number of aromatic nitrogens is 6. The Bertz CT molecular complexity index is 1390. The fourth-order valence-electron chi connectivity index (χ4n) is 3.61. The first-order valence-electron chi connectivity index (χ1n) is 10.1. The van der Waals surface area contributed by atoms with Crippen molar-refractivity contribution in [2.75, 3.05) is 4.90 Å². The summed E-state index contributed by atoms with van der Waals surface area (Å²) in [6, 6.07) is 17.6. The van der Waals surface area contributed by atoms with Crippen LogP contribution < -0.4 is 4.90 Å². The number of halogens is 2. The summed E-state index contributed by atoms with van der Waals surface area (Å²) in [6.07, 6.45) is 1.66. The zero-order valence-electron chi connectivity index (χ0n) is 17.2. The first-order valence-corrected chi connectivity index (χ1v) is 10.1. The largest absolute Gasteiger partial charge is 0.306 e. The van der Waals surface area contributed by atoms with E-state index in [1.165, 1.54) is 21.7 Å². The summed E-state index contributed by atoms with van der Waals surface area (Å²) in [7, 11) is 0. The molecule has 10 heteroatoms. The van der Waals surface area contributed by atoms with Crippen molar-refractivity contribution in [3.63, 3.8) is 0 Å². The number of nitrogens with zero attached hydrogens (tertiary/aromatic N) is 6. The van der Waals surface area contributed by atoms with E-state index in [1.54, 1.807) is 36.5 Å². The van der Waals surface area contributed by atoms with Crippen LogP contribution in [0.2, 0.25) is 0 Å². The lowest BCUT2D eigenvalue weighted by Crippen LogP contribution is -2.33. The van der Waals surface area contributed by atoms with Crippen LogP contribution in [0, 0.1) is 11.6 Å². The minimum Gasteiger partial charge on any atom is -0.306 e. The van der Waals surface area contributed by atoms with Crippen LogP contribution >= 0.6 is 0 Å². The third-order valence-corrected chi connectivity index (χ3v) is 5.16. The van der Waals surface area contributed by atoms with Crippen molar-refractivity contribution in [1.29, 1.82) is 0 Å². The predicted octanol–water partition coefficient (Wildman–Crippen LogP) is 3.73. The summed E-state index contributed by atoms with van der Waals surface area (Å²) >= 11 is 0. The molecule has 8 nitrogen and oxygen atoms in total. The molecule has 1 amide bonds. The monoisotopic (exact) mass is 445 g/mol. The Morgan fingerprint density at radius 1 is 0.970 bits per heavy atom. The number of nitrogens with one attached hydrogen (secondary N) is 1. The molecule has 5 rings (SSSR count). The van der Waals surface area contributed by atoms with Crippen molar-refractivity contribution in [3.8, 4) is 11.3 Å². The summed E-state index contributed by atoms with van der Waals surface area (Å²) in [5.41, 5.74) is 3.72. The zero-order valence-corrected chi connectivity index (χ0v) is 17.2. The number of anilines is 1. The Labute approximate surface area is 186 Å². The maximum absolute atomic E-state index is 13.8. The highest BCUT2D eigenvalue weighted by atomic mass is 19.1. The summed E-state index contributed by atoms with van der Waals surface area (Å²) in [5, 5.41) is 18.5. The number of fused-ring (bicyclic) bond motifs is 1. The Morgan fingerprint density at radius 2 is 1.73 bits per heavy atom. The van der Waals surface area contributed by atoms with E-state index in [4.69, 9.17) is 0 Å². The van der Waals surface area contributed by atoms with Crippen LogP contribution in [-0.2, 0) is 17.9 Å². The fourth-order valence-corrected chi connectivity index (χ4v) is 3.61. The van der Waals surface area contributed by atoms with Gasteiger partial charge in [-0.05, 0) is 42.0 Å². The second kappa shape index (κ2) is 8.58. The third-order valence-electron chi connectivity index (χ3n) is 5.16. The number of carbonyl (C=O) groups excluding carboxylic acids is 1. The minimum atomic E-state index is -0.707. The van der Waals surface area contributed by atoms with Crippen LogP contribution in [0.1, 0.15) is 5.56 Å². The first kappa shape index (κ1) is 20.4. The van der Waals surface area contributed by atoms with Gasteiger partial charge < -0.3 is 4.90 Å². The molecule has 0 aliphatic carbocycles. The summed E-state index contributed by atoms with van der Waals surface area (Å²) in [4.78, 5) is 14.8. The Kier molecular flexibility index (Phi) is 5.31. The molecular weight excluding hydrogens is 428 g/mol. The second-order valence-electron chi connectivity index (χ2n) is 7.40. The van der Waals surface area contributed by atoms with E-state index in [9.17, 15) is 13.6 Å². The van der Waals surface area contributed by atoms with Gasteiger partial charge >= 0.3 is 0 Å². The van der Waals surface area contributed by atoms with E-state index < -0.39 is 11.6 Å². The average Bonchev–Trinajstić information content (AvgIpc) is 3.48. The lowest BCUT2D eigenvalue weighted by molar-refractivity contribution is -0.119. The highest BCUT2D eigenvalue weighted by molar-refractivity contribution is 5.94. The van der Waals surface area contributed by atoms with Crippen LogP contribution in [0.3, 0.4) is 0 Å². The topological polar surface area (TPSA) is 92.6 Å². The fraction of sp³-hybridized carbons (Fsp3) is 0.0870. The van der Waals surface area contributed by atoms with E-state index in [0.717, 1.165) is 11.6 Å². The van der Waals surface area contributed by atoms with Crippen molar-refractivity contribution in [1.82, 2.24) is 30.4 Å². The van der Waals surface area contributed by atoms with Crippen molar-refractivity contribution >= 4 is 22.6 Å². The Morgan fingerprint density at radius 3 is 2.45 bits per heavy atom. The lowest BCUT2D eigenvalue weighted by Gasteiger charge is -2.23. The summed E-state index contributed by atoms with van der Waals surface area (Å²) in [5.74, 6) is -1.73. The maximum atomic E-state index is 13.8. The zero-order chi connectivity index (χ0) is 22.8. The highest BCUT2D eigenvalue weighted by Crippen LogP contribution is 2.24. The molecule has 0 saturated heterocycles. The van der Waals surface area contributed by atoms with Crippen molar-refractivity contribution in [3.05, 3.63) is 90.1 Å². The molecule has 0 bridgehead atoms. The average molecular weight is 445 g/mol. The molecule has 2 aromatic heterocycles. The predicted molar refractivity (Wildman–Crippen MR) is 117 cm³/mol. The minimum absolute atomic E-state index is 0.0244. The lowest BCUT2D eigenvalue weighted by atomic mass is 10.1. The van der Waals surface area contributed by atoms with Gasteiger partial charge in [0, 0.05) is 23.5 Å². The number of hydrogen-bond acceptors (Lipinski definition) is 5. The van der Waals surface area contributed by atoms with Crippen LogP contribution in [-0.4, -0.2) is 36.3 Å². The molecule has 164 valence electrons. The van der Waals surface area contributed by atoms with Gasteiger partial charge in [0.2, 0.25) is 5.91 Å². The van der Waals surface area contributed by atoms with Crippen molar-refractivity contribution < 1.29 is 13.6 Å². The molecule has 1 N–H and O–H groups in total. The number of rotatable bonds is 6. The highest BCUT2D eigenvalue weighted by Gasteiger charge is 2.20. The standard InChI is InChI=1S/C23H17F2N7O/c24-17-9-15(10-18(25)11-17)13-31(19-7-5-16(6-8-19)21-12-26-29-27-21)23(33)14-32-22-4-2-1-3-20(22)28-30-32/h1-12H,13-14H2,(H,26,27,29). The molecule has 3 aromatic carbocycles. The van der Waals surface area contributed by atoms with Gasteiger partial charge in [0.25, 0.3) is 0 Å². The smallest absolute Gasteiger partial charge is 0.249 e. The number of hydrogen-bond donors (Lipinski definition) is 1. The van der Waals surface area contributed by atoms with Crippen LogP contribution in [0.15, 0.2) is 72.9 Å². The third kappa shape index (κ3) is 4.31. The number of amides is 1. The number of benzene rings is 3. The van der Waals surface area contributed by atoms with Gasteiger partial charge in [0.15, 0.2) is 0 Å². The van der Waals surface area contributed by atoms with Gasteiger partial charge in [-0.15, -0.1) is 10.2 Å². The second-order valence-corrected chi connectivity index (χ2v) is 7.40. The maximum Gasteiger partial charge on any atom is 0.249 e. The van der Waals surface area contributed by atoms with Crippen molar-refractivity contribution in [2.24, 2.45) is 0 Å². The van der Waals surface area contributed by atoms with Crippen LogP contribution in [0.25, 0.3) is 22.3 Å². The Hall–Kier alpha value is -4.47. The quantitative estimate of drug-likeness (QED) is 0.430. The number of carbonyl (C=O) groups is 1. The van der Waals surface area contributed by atoms with Gasteiger partial charge in [-0.2, -0.15) is 0 Å². The normalized spacial score (nSPS) is 11.1. The molecule has 0 atom stereocenters. The van der Waals surface area contributed by atoms with E-state index in [0.29, 0.717) is 28.0 Å². The van der Waals surface area contributed by atoms with E-state index in [2.05, 4.69) is 25.7 Å². The molecule has 0 radical (unpaired) electrons.